The van der Waals surface area contributed by atoms with Crippen LogP contribution in [0.4, 0.5) is 26.7 Å². The molecule has 50 heavy (non-hydrogen) atoms. The summed E-state index contributed by atoms with van der Waals surface area (Å²) in [5.74, 6) is -2.03. The summed E-state index contributed by atoms with van der Waals surface area (Å²) in [6.07, 6.45) is 6.23. The summed E-state index contributed by atoms with van der Waals surface area (Å²) in [6, 6.07) is 6.12. The summed E-state index contributed by atoms with van der Waals surface area (Å²) < 4.78 is 86.3. The Kier molecular flexibility index (Phi) is 13.8. The van der Waals surface area contributed by atoms with Crippen LogP contribution in [0.3, 0.4) is 0 Å². The standard InChI is InChI=1S/C38H56F5NO5S/c1-36-19-15-31-30-12-11-29(49-35(46)48-28-16-20-44-21-17-28)25-27(30)24-26(34(31)32(36)13-14-33(36)45)10-7-5-3-2-4-6-8-22-50(47)23-9-18-37(39,40)38(41,42)43/h11-12,25-26,28,31-34,44-45H,2-10,13-24H2,1H3. The van der Waals surface area contributed by atoms with Crippen molar-refractivity contribution in [3.05, 3.63) is 29.3 Å². The predicted molar refractivity (Wildman–Crippen MR) is 184 cm³/mol. The molecule has 7 unspecified atom stereocenters. The summed E-state index contributed by atoms with van der Waals surface area (Å²) in [5.41, 5.74) is 2.60. The second-order valence-corrected chi connectivity index (χ2v) is 17.3. The number of ether oxygens (including phenoxy) is 2. The molecule has 284 valence electrons. The molecule has 0 amide bonds. The van der Waals surface area contributed by atoms with Crippen molar-refractivity contribution in [2.75, 3.05) is 24.6 Å². The molecule has 1 saturated heterocycles. The van der Waals surface area contributed by atoms with Crippen molar-refractivity contribution in [1.82, 2.24) is 5.32 Å². The Morgan fingerprint density at radius 1 is 0.960 bits per heavy atom. The number of benzene rings is 1. The zero-order chi connectivity index (χ0) is 35.9. The van der Waals surface area contributed by atoms with Crippen molar-refractivity contribution in [3.63, 3.8) is 0 Å². The van der Waals surface area contributed by atoms with E-state index in [1.165, 1.54) is 11.1 Å². The molecule has 1 heterocycles. The summed E-state index contributed by atoms with van der Waals surface area (Å²) in [7, 11) is 0. The summed E-state index contributed by atoms with van der Waals surface area (Å²) in [6.45, 7) is 3.96. The normalized spacial score (nSPS) is 29.2. The molecule has 1 aliphatic heterocycles. The topological polar surface area (TPSA) is 90.9 Å². The number of nitrogens with one attached hydrogen (secondary N) is 1. The molecule has 7 atom stereocenters. The number of alkyl halides is 5. The molecule has 2 saturated carbocycles. The number of hydrogen-bond acceptors (Lipinski definition) is 6. The van der Waals surface area contributed by atoms with Crippen LogP contribution >= 0.6 is 0 Å². The fourth-order valence-electron chi connectivity index (χ4n) is 9.51. The van der Waals surface area contributed by atoms with Gasteiger partial charge in [-0.25, -0.2) is 4.79 Å². The van der Waals surface area contributed by atoms with Gasteiger partial charge in [-0.2, -0.15) is 22.0 Å². The summed E-state index contributed by atoms with van der Waals surface area (Å²) >= 11 is -1.38. The van der Waals surface area contributed by atoms with E-state index in [1.807, 2.05) is 12.1 Å². The first kappa shape index (κ1) is 39.6. The number of aliphatic hydroxyl groups is 1. The van der Waals surface area contributed by atoms with Crippen molar-refractivity contribution in [3.8, 4) is 5.75 Å². The smallest absolute Gasteiger partial charge is 0.514 e. The van der Waals surface area contributed by atoms with Gasteiger partial charge in [0.1, 0.15) is 23.4 Å². The lowest BCUT2D eigenvalue weighted by Crippen LogP contribution is -2.47. The quantitative estimate of drug-likeness (QED) is 0.0579. The highest BCUT2D eigenvalue weighted by Crippen LogP contribution is 2.62. The van der Waals surface area contributed by atoms with Crippen molar-refractivity contribution in [2.45, 2.75) is 146 Å². The molecule has 1 aromatic rings. The highest BCUT2D eigenvalue weighted by Gasteiger charge is 2.57. The van der Waals surface area contributed by atoms with E-state index in [9.17, 15) is 36.4 Å². The minimum atomic E-state index is -5.56. The monoisotopic (exact) mass is 733 g/mol. The van der Waals surface area contributed by atoms with Crippen LogP contribution < -0.4 is 10.1 Å². The van der Waals surface area contributed by atoms with Crippen LogP contribution in [0.15, 0.2) is 18.2 Å². The third-order valence-corrected chi connectivity index (χ3v) is 13.8. The van der Waals surface area contributed by atoms with Gasteiger partial charge in [-0.15, -0.1) is 0 Å². The second kappa shape index (κ2) is 17.5. The molecule has 0 radical (unpaired) electrons. The van der Waals surface area contributed by atoms with Crippen LogP contribution in [-0.2, 0) is 22.3 Å². The van der Waals surface area contributed by atoms with Gasteiger partial charge in [0.05, 0.1) is 6.10 Å². The zero-order valence-electron chi connectivity index (χ0n) is 29.4. The van der Waals surface area contributed by atoms with Gasteiger partial charge >= 0.3 is 18.3 Å². The van der Waals surface area contributed by atoms with Crippen molar-refractivity contribution >= 4 is 17.3 Å². The van der Waals surface area contributed by atoms with E-state index in [-0.39, 0.29) is 23.4 Å². The highest BCUT2D eigenvalue weighted by molar-refractivity contribution is 7.91. The minimum Gasteiger partial charge on any atom is -0.616 e. The number of fused-ring (bicyclic) bond motifs is 5. The maximum atomic E-state index is 13.0. The van der Waals surface area contributed by atoms with E-state index in [1.54, 1.807) is 0 Å². The summed E-state index contributed by atoms with van der Waals surface area (Å²) in [5, 5.41) is 14.3. The maximum absolute atomic E-state index is 13.0. The molecule has 4 aliphatic rings. The van der Waals surface area contributed by atoms with Crippen LogP contribution in [0.25, 0.3) is 0 Å². The molecule has 0 spiro atoms. The van der Waals surface area contributed by atoms with Crippen molar-refractivity contribution in [1.29, 1.82) is 0 Å². The number of carbonyl (C=O) groups is 1. The van der Waals surface area contributed by atoms with Gasteiger partial charge in [0.15, 0.2) is 0 Å². The van der Waals surface area contributed by atoms with Gasteiger partial charge in [0.2, 0.25) is 0 Å². The van der Waals surface area contributed by atoms with E-state index in [0.717, 1.165) is 103 Å². The molecule has 3 aliphatic carbocycles. The maximum Gasteiger partial charge on any atom is 0.514 e. The van der Waals surface area contributed by atoms with Crippen LogP contribution in [0.1, 0.15) is 127 Å². The number of piperidine rings is 1. The first-order valence-corrected chi connectivity index (χ1v) is 20.5. The highest BCUT2D eigenvalue weighted by atomic mass is 32.2. The molecular formula is C38H56F5NO5S. The van der Waals surface area contributed by atoms with Crippen LogP contribution in [0, 0.1) is 23.2 Å². The van der Waals surface area contributed by atoms with Gasteiger partial charge in [-0.1, -0.05) is 56.3 Å². The third-order valence-electron chi connectivity index (χ3n) is 12.3. The number of aliphatic hydroxyl groups excluding tert-OH is 1. The first-order valence-electron chi connectivity index (χ1n) is 19.0. The zero-order valence-corrected chi connectivity index (χ0v) is 30.2. The van der Waals surface area contributed by atoms with Crippen LogP contribution in [0.5, 0.6) is 5.75 Å². The lowest BCUT2D eigenvalue weighted by atomic mass is 9.52. The molecule has 12 heteroatoms. The lowest BCUT2D eigenvalue weighted by molar-refractivity contribution is -0.284. The Balaban J connectivity index is 1.07. The van der Waals surface area contributed by atoms with Gasteiger partial charge in [-0.05, 0) is 136 Å². The first-order chi connectivity index (χ1) is 23.8. The van der Waals surface area contributed by atoms with Gasteiger partial charge in [-0.3, -0.25) is 0 Å². The predicted octanol–water partition coefficient (Wildman–Crippen LogP) is 9.24. The van der Waals surface area contributed by atoms with Gasteiger partial charge in [0.25, 0.3) is 0 Å². The fourth-order valence-corrected chi connectivity index (χ4v) is 10.7. The van der Waals surface area contributed by atoms with Gasteiger partial charge in [0, 0.05) is 6.42 Å². The molecule has 5 rings (SSSR count). The van der Waals surface area contributed by atoms with E-state index >= 15 is 0 Å². The van der Waals surface area contributed by atoms with E-state index in [4.69, 9.17) is 9.47 Å². The van der Waals surface area contributed by atoms with Crippen molar-refractivity contribution < 1.29 is 45.9 Å². The average Bonchev–Trinajstić information content (AvgIpc) is 3.37. The van der Waals surface area contributed by atoms with Crippen LogP contribution in [0.2, 0.25) is 0 Å². The molecule has 2 N–H and O–H groups in total. The third kappa shape index (κ3) is 9.86. The Morgan fingerprint density at radius 2 is 1.64 bits per heavy atom. The molecular weight excluding hydrogens is 677 g/mol. The molecule has 6 nitrogen and oxygen atoms in total. The van der Waals surface area contributed by atoms with Crippen molar-refractivity contribution in [2.24, 2.45) is 23.2 Å². The number of carbonyl (C=O) groups excluding carboxylic acids is 1. The molecule has 3 fully saturated rings. The van der Waals surface area contributed by atoms with E-state index in [2.05, 4.69) is 18.3 Å². The van der Waals surface area contributed by atoms with E-state index in [0.29, 0.717) is 41.6 Å². The molecule has 0 bridgehead atoms. The Labute approximate surface area is 297 Å². The Hall–Kier alpha value is -1.63. The Morgan fingerprint density at radius 3 is 2.36 bits per heavy atom. The second-order valence-electron chi connectivity index (χ2n) is 15.6. The number of hydrogen-bond donors (Lipinski definition) is 2. The largest absolute Gasteiger partial charge is 0.616 e. The SMILES string of the molecule is CC12CCC3c4ccc(OC(=O)OC5CCNCC5)cc4CC(CCCCCCCCC[S+]([O-])CCCC(F)(F)C(F)(F)F)C3C1CCC2O. The van der Waals surface area contributed by atoms with Gasteiger partial charge < -0.3 is 24.4 Å². The lowest BCUT2D eigenvalue weighted by Gasteiger charge is -2.53. The average molecular weight is 734 g/mol. The van der Waals surface area contributed by atoms with E-state index < -0.39 is 42.3 Å². The fraction of sp³-hybridized carbons (Fsp3) is 0.816. The number of halogens is 5. The number of unbranched alkanes of at least 4 members (excludes halogenated alkanes) is 6. The summed E-state index contributed by atoms with van der Waals surface area (Å²) in [4.78, 5) is 12.6. The Bertz CT molecular complexity index is 1250. The minimum absolute atomic E-state index is 0.0316. The van der Waals surface area contributed by atoms with Crippen LogP contribution in [-0.4, -0.2) is 64.7 Å². The molecule has 0 aromatic heterocycles. The molecule has 1 aromatic carbocycles. The number of rotatable bonds is 16.